The van der Waals surface area contributed by atoms with Crippen LogP contribution in [0.15, 0.2) is 42.5 Å². The fourth-order valence-electron chi connectivity index (χ4n) is 3.02. The maximum atomic E-state index is 14.4. The van der Waals surface area contributed by atoms with Crippen LogP contribution in [0.5, 0.6) is 5.75 Å². The molecule has 3 rings (SSSR count). The Morgan fingerprint density at radius 1 is 1.16 bits per heavy atom. The SMILES string of the molecule is COc1cccc(C(=O)N2CCN(c3cccc(CO)c3F)CC2)c1. The lowest BCUT2D eigenvalue weighted by molar-refractivity contribution is 0.0746. The van der Waals surface area contributed by atoms with Gasteiger partial charge < -0.3 is 19.6 Å². The number of piperazine rings is 1. The molecule has 0 saturated carbocycles. The highest BCUT2D eigenvalue weighted by molar-refractivity contribution is 5.94. The maximum Gasteiger partial charge on any atom is 0.254 e. The number of rotatable bonds is 4. The van der Waals surface area contributed by atoms with Crippen LogP contribution < -0.4 is 9.64 Å². The summed E-state index contributed by atoms with van der Waals surface area (Å²) in [4.78, 5) is 16.3. The lowest BCUT2D eigenvalue weighted by Gasteiger charge is -2.36. The Morgan fingerprint density at radius 2 is 1.88 bits per heavy atom. The number of aliphatic hydroxyl groups is 1. The molecule has 2 aromatic carbocycles. The second kappa shape index (κ2) is 7.53. The van der Waals surface area contributed by atoms with Gasteiger partial charge in [0.05, 0.1) is 19.4 Å². The number of methoxy groups -OCH3 is 1. The van der Waals surface area contributed by atoms with E-state index in [1.807, 2.05) is 4.90 Å². The van der Waals surface area contributed by atoms with Crippen LogP contribution in [0, 0.1) is 5.82 Å². The number of aliphatic hydroxyl groups excluding tert-OH is 1. The van der Waals surface area contributed by atoms with E-state index in [2.05, 4.69) is 0 Å². The number of benzene rings is 2. The van der Waals surface area contributed by atoms with E-state index in [0.29, 0.717) is 43.2 Å². The first-order chi connectivity index (χ1) is 12.1. The highest BCUT2D eigenvalue weighted by Crippen LogP contribution is 2.24. The van der Waals surface area contributed by atoms with Crippen molar-refractivity contribution in [2.75, 3.05) is 38.2 Å². The van der Waals surface area contributed by atoms with Gasteiger partial charge in [0.1, 0.15) is 5.75 Å². The summed E-state index contributed by atoms with van der Waals surface area (Å²) in [6, 6.07) is 12.1. The quantitative estimate of drug-likeness (QED) is 0.925. The molecule has 6 heteroatoms. The number of amides is 1. The molecule has 1 saturated heterocycles. The van der Waals surface area contributed by atoms with Crippen LogP contribution >= 0.6 is 0 Å². The van der Waals surface area contributed by atoms with Crippen LogP contribution in [0.2, 0.25) is 0 Å². The molecule has 1 heterocycles. The molecule has 0 aliphatic carbocycles. The minimum absolute atomic E-state index is 0.0527. The molecule has 1 fully saturated rings. The minimum Gasteiger partial charge on any atom is -0.497 e. The van der Waals surface area contributed by atoms with Crippen molar-refractivity contribution in [1.82, 2.24) is 4.90 Å². The summed E-state index contributed by atoms with van der Waals surface area (Å²) >= 11 is 0. The highest BCUT2D eigenvalue weighted by atomic mass is 19.1. The van der Waals surface area contributed by atoms with Crippen molar-refractivity contribution in [1.29, 1.82) is 0 Å². The molecular weight excluding hydrogens is 323 g/mol. The summed E-state index contributed by atoms with van der Waals surface area (Å²) in [6.45, 7) is 1.79. The number of hydrogen-bond acceptors (Lipinski definition) is 4. The van der Waals surface area contributed by atoms with Crippen molar-refractivity contribution in [3.8, 4) is 5.75 Å². The minimum atomic E-state index is -0.391. The molecule has 1 aliphatic heterocycles. The first kappa shape index (κ1) is 17.2. The zero-order chi connectivity index (χ0) is 17.8. The average molecular weight is 344 g/mol. The Bertz CT molecular complexity index is 758. The maximum absolute atomic E-state index is 14.4. The first-order valence-electron chi connectivity index (χ1n) is 8.20. The molecule has 0 atom stereocenters. The number of anilines is 1. The molecular formula is C19H21FN2O3. The van der Waals surface area contributed by atoms with Crippen LogP contribution in [-0.2, 0) is 6.61 Å². The zero-order valence-corrected chi connectivity index (χ0v) is 14.1. The van der Waals surface area contributed by atoms with Gasteiger partial charge in [-0.3, -0.25) is 4.79 Å². The van der Waals surface area contributed by atoms with E-state index in [0.717, 1.165) is 0 Å². The molecule has 0 radical (unpaired) electrons. The summed E-state index contributed by atoms with van der Waals surface area (Å²) in [7, 11) is 1.57. The van der Waals surface area contributed by atoms with E-state index < -0.39 is 5.82 Å². The lowest BCUT2D eigenvalue weighted by Crippen LogP contribution is -2.49. The Kier molecular flexibility index (Phi) is 5.19. The van der Waals surface area contributed by atoms with Crippen LogP contribution in [0.1, 0.15) is 15.9 Å². The second-order valence-corrected chi connectivity index (χ2v) is 5.92. The van der Waals surface area contributed by atoms with E-state index in [1.54, 1.807) is 54.5 Å². The van der Waals surface area contributed by atoms with Crippen LogP contribution in [0.25, 0.3) is 0 Å². The molecule has 0 unspecified atom stereocenters. The zero-order valence-electron chi connectivity index (χ0n) is 14.1. The Hall–Kier alpha value is -2.60. The summed E-state index contributed by atoms with van der Waals surface area (Å²) < 4.78 is 19.5. The van der Waals surface area contributed by atoms with Gasteiger partial charge in [0.25, 0.3) is 5.91 Å². The Labute approximate surface area is 146 Å². The molecule has 25 heavy (non-hydrogen) atoms. The van der Waals surface area contributed by atoms with Gasteiger partial charge in [0, 0.05) is 37.3 Å². The van der Waals surface area contributed by atoms with Gasteiger partial charge in [-0.05, 0) is 24.3 Å². The van der Waals surface area contributed by atoms with E-state index in [4.69, 9.17) is 4.74 Å². The van der Waals surface area contributed by atoms with Gasteiger partial charge in [-0.25, -0.2) is 4.39 Å². The summed E-state index contributed by atoms with van der Waals surface area (Å²) in [6.07, 6.45) is 0. The number of halogens is 1. The molecule has 0 bridgehead atoms. The highest BCUT2D eigenvalue weighted by Gasteiger charge is 2.24. The molecule has 132 valence electrons. The lowest BCUT2D eigenvalue weighted by atomic mass is 10.1. The molecule has 0 spiro atoms. The van der Waals surface area contributed by atoms with Crippen LogP contribution in [0.4, 0.5) is 10.1 Å². The summed E-state index contributed by atoms with van der Waals surface area (Å²) in [5, 5.41) is 9.20. The van der Waals surface area contributed by atoms with Gasteiger partial charge in [-0.15, -0.1) is 0 Å². The van der Waals surface area contributed by atoms with Crippen molar-refractivity contribution in [3.63, 3.8) is 0 Å². The van der Waals surface area contributed by atoms with Gasteiger partial charge >= 0.3 is 0 Å². The third kappa shape index (κ3) is 3.58. The van der Waals surface area contributed by atoms with Gasteiger partial charge in [0.2, 0.25) is 0 Å². The average Bonchev–Trinajstić information content (AvgIpc) is 2.68. The van der Waals surface area contributed by atoms with E-state index in [1.165, 1.54) is 0 Å². The molecule has 5 nitrogen and oxygen atoms in total. The largest absolute Gasteiger partial charge is 0.497 e. The molecule has 1 amide bonds. The third-order valence-corrected chi connectivity index (χ3v) is 4.45. The number of carbonyl (C=O) groups excluding carboxylic acids is 1. The number of hydrogen-bond donors (Lipinski definition) is 1. The fourth-order valence-corrected chi connectivity index (χ4v) is 3.02. The predicted molar refractivity (Wildman–Crippen MR) is 93.4 cm³/mol. The van der Waals surface area contributed by atoms with E-state index in [9.17, 15) is 14.3 Å². The first-order valence-corrected chi connectivity index (χ1v) is 8.20. The Morgan fingerprint density at radius 3 is 2.56 bits per heavy atom. The second-order valence-electron chi connectivity index (χ2n) is 5.92. The normalized spacial score (nSPS) is 14.5. The van der Waals surface area contributed by atoms with Crippen LogP contribution in [0.3, 0.4) is 0 Å². The molecule has 1 N–H and O–H groups in total. The standard InChI is InChI=1S/C19H21FN2O3/c1-25-16-6-2-4-14(12-16)19(24)22-10-8-21(9-11-22)17-7-3-5-15(13-23)18(17)20/h2-7,12,23H,8-11,13H2,1H3. The Balaban J connectivity index is 1.68. The van der Waals surface area contributed by atoms with Gasteiger partial charge in [-0.2, -0.15) is 0 Å². The van der Waals surface area contributed by atoms with Gasteiger partial charge in [-0.1, -0.05) is 18.2 Å². The molecule has 1 aliphatic rings. The number of nitrogens with zero attached hydrogens (tertiary/aromatic N) is 2. The number of carbonyl (C=O) groups is 1. The fraction of sp³-hybridized carbons (Fsp3) is 0.316. The third-order valence-electron chi connectivity index (χ3n) is 4.45. The monoisotopic (exact) mass is 344 g/mol. The van der Waals surface area contributed by atoms with Gasteiger partial charge in [0.15, 0.2) is 5.82 Å². The van der Waals surface area contributed by atoms with Crippen molar-refractivity contribution >= 4 is 11.6 Å². The van der Waals surface area contributed by atoms with Crippen molar-refractivity contribution in [2.24, 2.45) is 0 Å². The predicted octanol–water partition coefficient (Wildman–Crippen LogP) is 2.29. The molecule has 0 aromatic heterocycles. The summed E-state index contributed by atoms with van der Waals surface area (Å²) in [5.74, 6) is 0.202. The van der Waals surface area contributed by atoms with E-state index in [-0.39, 0.29) is 18.1 Å². The summed E-state index contributed by atoms with van der Waals surface area (Å²) in [5.41, 5.74) is 1.34. The van der Waals surface area contributed by atoms with Crippen molar-refractivity contribution in [3.05, 3.63) is 59.4 Å². The van der Waals surface area contributed by atoms with Crippen LogP contribution in [-0.4, -0.2) is 49.2 Å². The van der Waals surface area contributed by atoms with E-state index >= 15 is 0 Å². The van der Waals surface area contributed by atoms with Crippen molar-refractivity contribution < 1.29 is 19.0 Å². The van der Waals surface area contributed by atoms with Crippen molar-refractivity contribution in [2.45, 2.75) is 6.61 Å². The topological polar surface area (TPSA) is 53.0 Å². The molecule has 2 aromatic rings. The smallest absolute Gasteiger partial charge is 0.254 e. The number of ether oxygens (including phenoxy) is 1.